The summed E-state index contributed by atoms with van der Waals surface area (Å²) in [7, 11) is 0. The van der Waals surface area contributed by atoms with Crippen LogP contribution in [0, 0.1) is 6.92 Å². The zero-order valence-corrected chi connectivity index (χ0v) is 17.3. The van der Waals surface area contributed by atoms with Gasteiger partial charge in [0.1, 0.15) is 17.6 Å². The van der Waals surface area contributed by atoms with Gasteiger partial charge in [-0.2, -0.15) is 0 Å². The maximum Gasteiger partial charge on any atom is 0.413 e. The third-order valence-electron chi connectivity index (χ3n) is 4.76. The van der Waals surface area contributed by atoms with Gasteiger partial charge in [-0.25, -0.2) is 9.78 Å². The molecule has 1 aliphatic rings. The van der Waals surface area contributed by atoms with E-state index in [9.17, 15) is 4.79 Å². The van der Waals surface area contributed by atoms with Crippen LogP contribution in [-0.2, 0) is 6.42 Å². The topological polar surface area (TPSA) is 89.9 Å². The number of nitrogens with zero attached hydrogens (tertiary/aromatic N) is 1. The quantitative estimate of drug-likeness (QED) is 0.608. The van der Waals surface area contributed by atoms with E-state index in [4.69, 9.17) is 19.3 Å². The number of ether oxygens (including phenoxy) is 3. The van der Waals surface area contributed by atoms with Crippen molar-refractivity contribution >= 4 is 17.4 Å². The lowest BCUT2D eigenvalue weighted by molar-refractivity contribution is 0.175. The second-order valence-electron chi connectivity index (χ2n) is 6.86. The molecule has 1 atom stereocenters. The number of hydrogen-bond donors (Lipinski definition) is 2. The van der Waals surface area contributed by atoms with Crippen molar-refractivity contribution in [3.63, 3.8) is 0 Å². The monoisotopic (exact) mass is 426 g/mol. The van der Waals surface area contributed by atoms with Gasteiger partial charge in [-0.05, 0) is 66.0 Å². The van der Waals surface area contributed by atoms with E-state index in [1.807, 2.05) is 30.3 Å². The standard InChI is InChI=1S/C22H22N2O5S/c1-14-4-2-3-5-17(14)19-8-6-15-12-16(7-9-18(15)28-19)27-22-24-13-20(30-22)29-21(26)23-10-11-25/h2-5,7,9,12-13,19,25H,6,8,10-11H2,1H3,(H,23,26)/t19-/m0/s1. The minimum atomic E-state index is -0.645. The molecule has 0 radical (unpaired) electrons. The number of aryl methyl sites for hydroxylation is 2. The first-order valence-corrected chi connectivity index (χ1v) is 10.5. The fourth-order valence-electron chi connectivity index (χ4n) is 3.32. The molecule has 8 heteroatoms. The van der Waals surface area contributed by atoms with E-state index < -0.39 is 6.09 Å². The van der Waals surface area contributed by atoms with Gasteiger partial charge < -0.3 is 24.6 Å². The Kier molecular flexibility index (Phi) is 6.15. The second-order valence-corrected chi connectivity index (χ2v) is 7.81. The number of hydrogen-bond acceptors (Lipinski definition) is 7. The lowest BCUT2D eigenvalue weighted by Gasteiger charge is -2.27. The average Bonchev–Trinajstić information content (AvgIpc) is 3.18. The van der Waals surface area contributed by atoms with Gasteiger partial charge in [0.15, 0.2) is 0 Å². The van der Waals surface area contributed by atoms with E-state index in [2.05, 4.69) is 29.4 Å². The van der Waals surface area contributed by atoms with Crippen LogP contribution in [-0.4, -0.2) is 29.3 Å². The second kappa shape index (κ2) is 9.15. The first-order valence-electron chi connectivity index (χ1n) is 9.67. The van der Waals surface area contributed by atoms with Crippen LogP contribution in [0.4, 0.5) is 4.79 Å². The number of aromatic nitrogens is 1. The number of nitrogens with one attached hydrogen (secondary N) is 1. The average molecular weight is 426 g/mol. The largest absolute Gasteiger partial charge is 0.485 e. The van der Waals surface area contributed by atoms with Crippen LogP contribution in [0.25, 0.3) is 0 Å². The van der Waals surface area contributed by atoms with E-state index in [1.165, 1.54) is 17.3 Å². The highest BCUT2D eigenvalue weighted by Crippen LogP contribution is 2.39. The van der Waals surface area contributed by atoms with Crippen LogP contribution in [0.5, 0.6) is 21.8 Å². The van der Waals surface area contributed by atoms with Gasteiger partial charge in [0.2, 0.25) is 5.06 Å². The molecule has 2 N–H and O–H groups in total. The summed E-state index contributed by atoms with van der Waals surface area (Å²) >= 11 is 1.12. The molecule has 0 fully saturated rings. The molecule has 0 saturated carbocycles. The van der Waals surface area contributed by atoms with Crippen LogP contribution < -0.4 is 19.5 Å². The molecule has 3 aromatic rings. The number of aliphatic hydroxyl groups is 1. The maximum atomic E-state index is 11.5. The molecule has 0 spiro atoms. The number of fused-ring (bicyclic) bond motifs is 1. The van der Waals surface area contributed by atoms with Crippen molar-refractivity contribution in [2.75, 3.05) is 13.2 Å². The Morgan fingerprint density at radius 1 is 1.33 bits per heavy atom. The summed E-state index contributed by atoms with van der Waals surface area (Å²) in [5.41, 5.74) is 3.55. The summed E-state index contributed by atoms with van der Waals surface area (Å²) in [6.07, 6.45) is 2.63. The van der Waals surface area contributed by atoms with Gasteiger partial charge in [0.25, 0.3) is 5.19 Å². The minimum Gasteiger partial charge on any atom is -0.485 e. The normalized spacial score (nSPS) is 15.1. The van der Waals surface area contributed by atoms with Gasteiger partial charge >= 0.3 is 6.09 Å². The molecule has 1 aliphatic heterocycles. The summed E-state index contributed by atoms with van der Waals surface area (Å²) < 4.78 is 17.1. The molecule has 2 heterocycles. The number of carbonyl (C=O) groups is 1. The van der Waals surface area contributed by atoms with Gasteiger partial charge in [0, 0.05) is 6.54 Å². The third-order valence-corrected chi connectivity index (χ3v) is 5.51. The van der Waals surface area contributed by atoms with Crippen molar-refractivity contribution in [3.8, 4) is 21.8 Å². The molecule has 156 valence electrons. The fourth-order valence-corrected chi connectivity index (χ4v) is 3.96. The molecular formula is C22H22N2O5S. The molecule has 0 aliphatic carbocycles. The van der Waals surface area contributed by atoms with E-state index in [0.29, 0.717) is 16.0 Å². The molecule has 7 nitrogen and oxygen atoms in total. The summed E-state index contributed by atoms with van der Waals surface area (Å²) in [6, 6.07) is 14.0. The van der Waals surface area contributed by atoms with Crippen molar-refractivity contribution in [1.29, 1.82) is 0 Å². The van der Waals surface area contributed by atoms with Crippen LogP contribution >= 0.6 is 11.3 Å². The molecule has 30 heavy (non-hydrogen) atoms. The van der Waals surface area contributed by atoms with E-state index in [0.717, 1.165) is 35.5 Å². The number of thiazole rings is 1. The first-order chi connectivity index (χ1) is 14.6. The minimum absolute atomic E-state index is 0.0566. The van der Waals surface area contributed by atoms with Crippen molar-refractivity contribution in [3.05, 3.63) is 65.4 Å². The summed E-state index contributed by atoms with van der Waals surface area (Å²) in [6.45, 7) is 2.08. The summed E-state index contributed by atoms with van der Waals surface area (Å²) in [5, 5.41) is 11.8. The third kappa shape index (κ3) is 4.72. The Balaban J connectivity index is 1.40. The SMILES string of the molecule is Cc1ccccc1[C@@H]1CCc2cc(Oc3ncc(OC(=O)NCCO)s3)ccc2O1. The predicted octanol–water partition coefficient (Wildman–Crippen LogP) is 4.39. The van der Waals surface area contributed by atoms with Crippen LogP contribution in [0.2, 0.25) is 0 Å². The van der Waals surface area contributed by atoms with Crippen LogP contribution in [0.3, 0.4) is 0 Å². The molecule has 0 saturated heterocycles. The molecule has 1 aromatic heterocycles. The molecule has 0 unspecified atom stereocenters. The Morgan fingerprint density at radius 2 is 2.20 bits per heavy atom. The Hall–Kier alpha value is -3.10. The zero-order valence-electron chi connectivity index (χ0n) is 16.5. The molecular weight excluding hydrogens is 404 g/mol. The highest BCUT2D eigenvalue weighted by Gasteiger charge is 2.23. The van der Waals surface area contributed by atoms with Crippen LogP contribution in [0.1, 0.15) is 29.2 Å². The van der Waals surface area contributed by atoms with Crippen LogP contribution in [0.15, 0.2) is 48.7 Å². The number of amides is 1. The highest BCUT2D eigenvalue weighted by atomic mass is 32.1. The van der Waals surface area contributed by atoms with Gasteiger partial charge in [0.05, 0.1) is 12.8 Å². The summed E-state index contributed by atoms with van der Waals surface area (Å²) in [5.74, 6) is 1.52. The van der Waals surface area contributed by atoms with Crippen molar-refractivity contribution in [2.45, 2.75) is 25.9 Å². The van der Waals surface area contributed by atoms with Crippen molar-refractivity contribution in [1.82, 2.24) is 10.3 Å². The zero-order chi connectivity index (χ0) is 20.9. The highest BCUT2D eigenvalue weighted by molar-refractivity contribution is 7.15. The van der Waals surface area contributed by atoms with E-state index in [-0.39, 0.29) is 19.3 Å². The van der Waals surface area contributed by atoms with E-state index in [1.54, 1.807) is 0 Å². The smallest absolute Gasteiger partial charge is 0.413 e. The number of aliphatic hydroxyl groups excluding tert-OH is 1. The molecule has 2 aromatic carbocycles. The van der Waals surface area contributed by atoms with Gasteiger partial charge in [-0.15, -0.1) is 0 Å². The fraction of sp³-hybridized carbons (Fsp3) is 0.273. The molecule has 1 amide bonds. The number of rotatable bonds is 6. The lowest BCUT2D eigenvalue weighted by atomic mass is 9.95. The lowest BCUT2D eigenvalue weighted by Crippen LogP contribution is -2.29. The number of benzene rings is 2. The Labute approximate surface area is 178 Å². The molecule has 4 rings (SSSR count). The van der Waals surface area contributed by atoms with Crippen molar-refractivity contribution in [2.24, 2.45) is 0 Å². The Morgan fingerprint density at radius 3 is 3.03 bits per heavy atom. The molecule has 0 bridgehead atoms. The Bertz CT molecular complexity index is 1040. The van der Waals surface area contributed by atoms with Gasteiger partial charge in [-0.3, -0.25) is 0 Å². The number of carbonyl (C=O) groups excluding carboxylic acids is 1. The van der Waals surface area contributed by atoms with Crippen molar-refractivity contribution < 1.29 is 24.1 Å². The predicted molar refractivity (Wildman–Crippen MR) is 113 cm³/mol. The first kappa shape index (κ1) is 20.2. The van der Waals surface area contributed by atoms with E-state index >= 15 is 0 Å². The maximum absolute atomic E-state index is 11.5. The van der Waals surface area contributed by atoms with Gasteiger partial charge in [-0.1, -0.05) is 24.3 Å². The summed E-state index contributed by atoms with van der Waals surface area (Å²) in [4.78, 5) is 15.7.